The molecule has 0 spiro atoms. The predicted molar refractivity (Wildman–Crippen MR) is 199 cm³/mol. The van der Waals surface area contributed by atoms with Crippen molar-refractivity contribution in [1.29, 1.82) is 5.41 Å². The third kappa shape index (κ3) is 9.57. The van der Waals surface area contributed by atoms with Crippen LogP contribution in [0.2, 0.25) is 0 Å². The highest BCUT2D eigenvalue weighted by molar-refractivity contribution is 7.52. The van der Waals surface area contributed by atoms with E-state index < -0.39 is 8.15 Å². The molecule has 3 aromatic rings. The van der Waals surface area contributed by atoms with Gasteiger partial charge in [0.25, 0.3) is 0 Å². The Morgan fingerprint density at radius 3 is 2.40 bits per heavy atom. The van der Waals surface area contributed by atoms with Crippen LogP contribution in [0.25, 0.3) is 0 Å². The summed E-state index contributed by atoms with van der Waals surface area (Å²) in [5.74, 6) is 2.83. The van der Waals surface area contributed by atoms with Gasteiger partial charge in [-0.1, -0.05) is 26.0 Å². The molecule has 1 atom stereocenters. The molecule has 260 valence electrons. The molecule has 5 N–H and O–H groups in total. The molecule has 0 aliphatic carbocycles. The molecule has 0 bridgehead atoms. The fourth-order valence-electron chi connectivity index (χ4n) is 5.66. The molecule has 0 saturated carbocycles. The largest absolute Gasteiger partial charge is 0.489 e. The van der Waals surface area contributed by atoms with E-state index in [1.54, 1.807) is 6.92 Å². The number of para-hydroxylation sites is 2. The number of amides is 1. The number of ether oxygens (including phenoxy) is 1. The van der Waals surface area contributed by atoms with Crippen molar-refractivity contribution in [2.24, 2.45) is 0 Å². The fourth-order valence-corrected chi connectivity index (χ4v) is 6.34. The van der Waals surface area contributed by atoms with E-state index in [0.29, 0.717) is 40.9 Å². The molecule has 1 aliphatic rings. The van der Waals surface area contributed by atoms with Gasteiger partial charge in [0.2, 0.25) is 11.9 Å². The first-order chi connectivity index (χ1) is 22.7. The van der Waals surface area contributed by atoms with E-state index in [9.17, 15) is 4.79 Å². The minimum absolute atomic E-state index is 0.0604. The second kappa shape index (κ2) is 16.4. The van der Waals surface area contributed by atoms with Gasteiger partial charge >= 0.3 is 0 Å². The van der Waals surface area contributed by atoms with Gasteiger partial charge in [-0.15, -0.1) is 0 Å². The van der Waals surface area contributed by atoms with Crippen LogP contribution in [-0.4, -0.2) is 83.5 Å². The van der Waals surface area contributed by atoms with E-state index in [2.05, 4.69) is 55.2 Å². The highest BCUT2D eigenvalue weighted by atomic mass is 31.1. The van der Waals surface area contributed by atoms with Crippen molar-refractivity contribution < 1.29 is 14.1 Å². The third-order valence-corrected chi connectivity index (χ3v) is 10.4. The van der Waals surface area contributed by atoms with E-state index in [0.717, 1.165) is 49.4 Å². The van der Waals surface area contributed by atoms with Crippen LogP contribution in [0, 0.1) is 12.3 Å². The van der Waals surface area contributed by atoms with E-state index >= 15 is 0 Å². The number of likely N-dealkylation sites (tertiary alicyclic amines) is 1. The van der Waals surface area contributed by atoms with E-state index in [1.807, 2.05) is 62.0 Å². The molecule has 1 unspecified atom stereocenters. The first kappa shape index (κ1) is 36.9. The number of aromatic nitrogens is 2. The van der Waals surface area contributed by atoms with Crippen LogP contribution in [0.1, 0.15) is 76.5 Å². The maximum atomic E-state index is 12.7. The number of nitrogens with one attached hydrogen (secondary N) is 3. The van der Waals surface area contributed by atoms with Crippen LogP contribution in [0.5, 0.6) is 11.5 Å². The lowest BCUT2D eigenvalue weighted by Crippen LogP contribution is -2.39. The molecule has 4 rings (SSSR count). The van der Waals surface area contributed by atoms with Crippen LogP contribution in [-0.2, 0) is 4.79 Å². The summed E-state index contributed by atoms with van der Waals surface area (Å²) >= 11 is 0. The van der Waals surface area contributed by atoms with Crippen molar-refractivity contribution in [1.82, 2.24) is 19.8 Å². The Hall–Kier alpha value is -3.95. The third-order valence-electron chi connectivity index (χ3n) is 8.46. The molecule has 11 nitrogen and oxygen atoms in total. The number of benzene rings is 2. The first-order valence-corrected chi connectivity index (χ1v) is 18.5. The second-order valence-electron chi connectivity index (χ2n) is 13.3. The summed E-state index contributed by atoms with van der Waals surface area (Å²) in [6, 6.07) is 11.9. The molecule has 48 heavy (non-hydrogen) atoms. The van der Waals surface area contributed by atoms with Crippen molar-refractivity contribution in [2.45, 2.75) is 78.5 Å². The summed E-state index contributed by atoms with van der Waals surface area (Å²) in [4.78, 5) is 26.1. The average Bonchev–Trinajstić information content (AvgIpc) is 3.01. The number of rotatable bonds is 14. The highest BCUT2D eigenvalue weighted by Crippen LogP contribution is 2.43. The number of anilines is 5. The monoisotopic (exact) mass is 676 g/mol. The lowest BCUT2D eigenvalue weighted by Gasteiger charge is -2.33. The van der Waals surface area contributed by atoms with Crippen LogP contribution in [0.15, 0.2) is 36.4 Å². The van der Waals surface area contributed by atoms with Crippen molar-refractivity contribution in [3.63, 3.8) is 0 Å². The zero-order chi connectivity index (χ0) is 35.1. The number of nitrogens with two attached hydrogens (primary N) is 1. The number of aryl methyl sites for hydroxylation is 1. The van der Waals surface area contributed by atoms with E-state index in [4.69, 9.17) is 25.4 Å². The van der Waals surface area contributed by atoms with Gasteiger partial charge < -0.3 is 40.8 Å². The van der Waals surface area contributed by atoms with Crippen molar-refractivity contribution in [3.8, 4) is 11.5 Å². The van der Waals surface area contributed by atoms with Gasteiger partial charge in [0.1, 0.15) is 23.1 Å². The molecule has 2 heterocycles. The zero-order valence-electron chi connectivity index (χ0n) is 30.0. The Morgan fingerprint density at radius 2 is 1.77 bits per heavy atom. The Balaban J connectivity index is 1.62. The lowest BCUT2D eigenvalue weighted by molar-refractivity contribution is -0.132. The Kier molecular flexibility index (Phi) is 12.6. The minimum atomic E-state index is -0.689. The van der Waals surface area contributed by atoms with Gasteiger partial charge in [-0.05, 0) is 103 Å². The van der Waals surface area contributed by atoms with Gasteiger partial charge in [-0.25, -0.2) is 0 Å². The summed E-state index contributed by atoms with van der Waals surface area (Å²) in [6.07, 6.45) is 2.30. The quantitative estimate of drug-likeness (QED) is 0.101. The van der Waals surface area contributed by atoms with Crippen LogP contribution in [0.3, 0.4) is 0 Å². The molecule has 1 saturated heterocycles. The number of piperidine rings is 1. The van der Waals surface area contributed by atoms with Gasteiger partial charge in [-0.3, -0.25) is 4.79 Å². The summed E-state index contributed by atoms with van der Waals surface area (Å²) in [5.41, 5.74) is 11.3. The maximum absolute atomic E-state index is 12.7. The molecule has 1 amide bonds. The van der Waals surface area contributed by atoms with Crippen molar-refractivity contribution in [3.05, 3.63) is 53.1 Å². The maximum Gasteiger partial charge on any atom is 0.231 e. The SMILES string of the molecule is CC(=N)c1c(N)nc(Nc2cc(C)c(C3CCN(C(=O)CCN(C)C)CC3)cc2OC(C)C)nc1Nc1ccccc1OP(C)C(C)C. The average molecular weight is 677 g/mol. The molecular formula is C36H53N8O3P. The van der Waals surface area contributed by atoms with Gasteiger partial charge in [0, 0.05) is 37.4 Å². The Bertz CT molecular complexity index is 1590. The number of carbonyl (C=O) groups excluding carboxylic acids is 1. The van der Waals surface area contributed by atoms with Crippen molar-refractivity contribution in [2.75, 3.05) is 56.8 Å². The molecule has 1 aromatic heterocycles. The normalized spacial score (nSPS) is 14.4. The number of nitrogen functional groups attached to an aromatic ring is 1. The lowest BCUT2D eigenvalue weighted by atomic mass is 9.86. The molecule has 12 heteroatoms. The smallest absolute Gasteiger partial charge is 0.231 e. The summed E-state index contributed by atoms with van der Waals surface area (Å²) in [5, 5.41) is 15.2. The first-order valence-electron chi connectivity index (χ1n) is 16.7. The molecule has 2 aromatic carbocycles. The van der Waals surface area contributed by atoms with Crippen LogP contribution >= 0.6 is 8.15 Å². The molecule has 1 aliphatic heterocycles. The van der Waals surface area contributed by atoms with Crippen LogP contribution in [0.4, 0.5) is 29.0 Å². The zero-order valence-corrected chi connectivity index (χ0v) is 30.9. The molecular weight excluding hydrogens is 623 g/mol. The molecule has 0 radical (unpaired) electrons. The fraction of sp³-hybridized carbons (Fsp3) is 0.500. The van der Waals surface area contributed by atoms with Crippen molar-refractivity contribution >= 4 is 48.7 Å². The standard InChI is InChI=1S/C36H53N8O3P/c1-22(2)46-31-21-27(26-14-18-44(19-15-26)32(45)16-17-43(7)8)24(5)20-29(31)40-36-41-34(38)33(25(6)37)35(42-36)39-28-12-10-11-13-30(28)47-48(9)23(3)4/h10-13,20-23,26,37H,14-19H2,1-9H3,(H4,38,39,40,41,42). The second-order valence-corrected chi connectivity index (χ2v) is 15.6. The van der Waals surface area contributed by atoms with Gasteiger partial charge in [0.05, 0.1) is 31.2 Å². The van der Waals surface area contributed by atoms with E-state index in [-0.39, 0.29) is 29.5 Å². The summed E-state index contributed by atoms with van der Waals surface area (Å²) in [6.45, 7) is 16.4. The predicted octanol–water partition coefficient (Wildman–Crippen LogP) is 7.50. The summed E-state index contributed by atoms with van der Waals surface area (Å²) < 4.78 is 12.6. The number of hydrogen-bond acceptors (Lipinski definition) is 10. The van der Waals surface area contributed by atoms with Crippen LogP contribution < -0.4 is 25.6 Å². The number of hydrogen-bond donors (Lipinski definition) is 4. The number of carbonyl (C=O) groups is 1. The topological polar surface area (TPSA) is 142 Å². The molecule has 1 fully saturated rings. The van der Waals surface area contributed by atoms with Gasteiger partial charge in [-0.2, -0.15) is 9.97 Å². The number of nitrogens with zero attached hydrogens (tertiary/aromatic N) is 4. The minimum Gasteiger partial charge on any atom is -0.489 e. The Morgan fingerprint density at radius 1 is 1.08 bits per heavy atom. The van der Waals surface area contributed by atoms with Gasteiger partial charge in [0.15, 0.2) is 0 Å². The Labute approximate surface area is 287 Å². The van der Waals surface area contributed by atoms with E-state index in [1.165, 1.54) is 5.56 Å². The highest BCUT2D eigenvalue weighted by Gasteiger charge is 2.26. The summed E-state index contributed by atoms with van der Waals surface area (Å²) in [7, 11) is 3.30.